The quantitative estimate of drug-likeness (QED) is 0.821. The molecule has 0 heterocycles. The van der Waals surface area contributed by atoms with Crippen LogP contribution in [0, 0.1) is 13.8 Å². The van der Waals surface area contributed by atoms with E-state index >= 15 is 0 Å². The highest BCUT2D eigenvalue weighted by Crippen LogP contribution is 2.24. The van der Waals surface area contributed by atoms with E-state index in [0.717, 1.165) is 21.2 Å². The van der Waals surface area contributed by atoms with Crippen LogP contribution in [0.3, 0.4) is 0 Å². The van der Waals surface area contributed by atoms with Gasteiger partial charge < -0.3 is 0 Å². The molecule has 0 fully saturated rings. The molecule has 2 rings (SSSR count). The lowest BCUT2D eigenvalue weighted by Crippen LogP contribution is -2.27. The van der Waals surface area contributed by atoms with Gasteiger partial charge in [-0.3, -0.25) is 0 Å². The molecule has 3 nitrogen and oxygen atoms in total. The molecule has 5 heteroatoms. The average Bonchev–Trinajstić information content (AvgIpc) is 2.43. The summed E-state index contributed by atoms with van der Waals surface area (Å²) in [7, 11) is -1.89. The van der Waals surface area contributed by atoms with Gasteiger partial charge in [-0.25, -0.2) is 8.42 Å². The fraction of sp³-hybridized carbons (Fsp3) is 0.250. The molecule has 0 saturated carbocycles. The van der Waals surface area contributed by atoms with Crippen molar-refractivity contribution in [3.63, 3.8) is 0 Å². The molecule has 0 aliphatic heterocycles. The van der Waals surface area contributed by atoms with Gasteiger partial charge in [0.05, 0.1) is 4.90 Å². The van der Waals surface area contributed by atoms with Crippen LogP contribution in [0.1, 0.15) is 16.7 Å². The Bertz CT molecular complexity index is 757. The standard InChI is InChI=1S/C16H18BrNO2S/c1-12-8-9-13(2)16(10-12)21(19,20)18(3)11-14-6-4-5-7-15(14)17/h4-10H,11H2,1-3H3. The molecule has 0 radical (unpaired) electrons. The van der Waals surface area contributed by atoms with Gasteiger partial charge in [-0.1, -0.05) is 46.3 Å². The Labute approximate surface area is 134 Å². The summed E-state index contributed by atoms with van der Waals surface area (Å²) in [5.41, 5.74) is 2.64. The third kappa shape index (κ3) is 3.54. The molecule has 2 aromatic carbocycles. The van der Waals surface area contributed by atoms with Crippen molar-refractivity contribution in [2.24, 2.45) is 0 Å². The first-order valence-electron chi connectivity index (χ1n) is 6.59. The van der Waals surface area contributed by atoms with Crippen LogP contribution < -0.4 is 0 Å². The van der Waals surface area contributed by atoms with Gasteiger partial charge in [0.15, 0.2) is 0 Å². The molecule has 21 heavy (non-hydrogen) atoms. The van der Waals surface area contributed by atoms with Crippen molar-refractivity contribution >= 4 is 26.0 Å². The van der Waals surface area contributed by atoms with Crippen molar-refractivity contribution < 1.29 is 8.42 Å². The summed E-state index contributed by atoms with van der Waals surface area (Å²) in [5.74, 6) is 0. The third-order valence-electron chi connectivity index (χ3n) is 3.38. The van der Waals surface area contributed by atoms with Gasteiger partial charge in [0.2, 0.25) is 10.0 Å². The maximum Gasteiger partial charge on any atom is 0.243 e. The summed E-state index contributed by atoms with van der Waals surface area (Å²) >= 11 is 3.45. The molecule has 0 N–H and O–H groups in total. The SMILES string of the molecule is Cc1ccc(C)c(S(=O)(=O)N(C)Cc2ccccc2Br)c1. The second kappa shape index (κ2) is 6.30. The van der Waals surface area contributed by atoms with Crippen molar-refractivity contribution in [3.05, 3.63) is 63.6 Å². The zero-order valence-corrected chi connectivity index (χ0v) is 14.7. The Kier molecular flexibility index (Phi) is 4.86. The van der Waals surface area contributed by atoms with Crippen LogP contribution in [0.4, 0.5) is 0 Å². The second-order valence-corrected chi connectivity index (χ2v) is 7.99. The third-order valence-corrected chi connectivity index (χ3v) is 6.10. The summed E-state index contributed by atoms with van der Waals surface area (Å²) in [5, 5.41) is 0. The van der Waals surface area contributed by atoms with Gasteiger partial charge in [-0.05, 0) is 42.7 Å². The Morgan fingerprint density at radius 2 is 1.76 bits per heavy atom. The lowest BCUT2D eigenvalue weighted by atomic mass is 10.2. The summed E-state index contributed by atoms with van der Waals surface area (Å²) < 4.78 is 27.8. The number of rotatable bonds is 4. The summed E-state index contributed by atoms with van der Waals surface area (Å²) in [6.07, 6.45) is 0. The monoisotopic (exact) mass is 367 g/mol. The summed E-state index contributed by atoms with van der Waals surface area (Å²) in [4.78, 5) is 0.372. The fourth-order valence-electron chi connectivity index (χ4n) is 2.10. The molecule has 2 aromatic rings. The van der Waals surface area contributed by atoms with Crippen molar-refractivity contribution in [2.75, 3.05) is 7.05 Å². The molecule has 0 atom stereocenters. The first kappa shape index (κ1) is 16.2. The Morgan fingerprint density at radius 1 is 1.10 bits per heavy atom. The smallest absolute Gasteiger partial charge is 0.207 e. The second-order valence-electron chi connectivity index (χ2n) is 5.12. The Morgan fingerprint density at radius 3 is 2.43 bits per heavy atom. The molecule has 0 amide bonds. The molecule has 0 unspecified atom stereocenters. The predicted molar refractivity (Wildman–Crippen MR) is 88.7 cm³/mol. The first-order chi connectivity index (χ1) is 9.82. The highest BCUT2D eigenvalue weighted by Gasteiger charge is 2.23. The van der Waals surface area contributed by atoms with E-state index in [1.165, 1.54) is 4.31 Å². The van der Waals surface area contributed by atoms with Gasteiger partial charge in [-0.15, -0.1) is 0 Å². The Balaban J connectivity index is 2.35. The molecule has 0 bridgehead atoms. The van der Waals surface area contributed by atoms with E-state index in [2.05, 4.69) is 15.9 Å². The summed E-state index contributed by atoms with van der Waals surface area (Å²) in [6, 6.07) is 13.1. The molecule has 0 saturated heterocycles. The van der Waals surface area contributed by atoms with Crippen LogP contribution in [0.2, 0.25) is 0 Å². The number of hydrogen-bond donors (Lipinski definition) is 0. The molecule has 0 aromatic heterocycles. The highest BCUT2D eigenvalue weighted by atomic mass is 79.9. The fourth-order valence-corrected chi connectivity index (χ4v) is 3.97. The molecular formula is C16H18BrNO2S. The van der Waals surface area contributed by atoms with E-state index in [0.29, 0.717) is 11.4 Å². The van der Waals surface area contributed by atoms with Crippen molar-refractivity contribution in [2.45, 2.75) is 25.3 Å². The normalized spacial score (nSPS) is 11.9. The maximum absolute atomic E-state index is 12.7. The van der Waals surface area contributed by atoms with E-state index in [-0.39, 0.29) is 0 Å². The van der Waals surface area contributed by atoms with Crippen LogP contribution in [-0.4, -0.2) is 19.8 Å². The zero-order chi connectivity index (χ0) is 15.6. The number of benzene rings is 2. The molecule has 112 valence electrons. The van der Waals surface area contributed by atoms with Crippen LogP contribution in [0.25, 0.3) is 0 Å². The van der Waals surface area contributed by atoms with E-state index in [1.54, 1.807) is 13.1 Å². The van der Waals surface area contributed by atoms with Crippen molar-refractivity contribution in [1.29, 1.82) is 0 Å². The molecular weight excluding hydrogens is 350 g/mol. The first-order valence-corrected chi connectivity index (χ1v) is 8.82. The van der Waals surface area contributed by atoms with Gasteiger partial charge in [-0.2, -0.15) is 4.31 Å². The van der Waals surface area contributed by atoms with Crippen LogP contribution in [0.5, 0.6) is 0 Å². The molecule has 0 spiro atoms. The molecule has 0 aliphatic rings. The van der Waals surface area contributed by atoms with E-state index in [9.17, 15) is 8.42 Å². The largest absolute Gasteiger partial charge is 0.243 e. The average molecular weight is 368 g/mol. The minimum atomic E-state index is -3.49. The van der Waals surface area contributed by atoms with E-state index in [1.807, 2.05) is 50.2 Å². The topological polar surface area (TPSA) is 37.4 Å². The Hall–Kier alpha value is -1.17. The number of hydrogen-bond acceptors (Lipinski definition) is 2. The van der Waals surface area contributed by atoms with Gasteiger partial charge in [0.1, 0.15) is 0 Å². The number of nitrogens with zero attached hydrogens (tertiary/aromatic N) is 1. The van der Waals surface area contributed by atoms with E-state index < -0.39 is 10.0 Å². The van der Waals surface area contributed by atoms with Crippen LogP contribution >= 0.6 is 15.9 Å². The zero-order valence-electron chi connectivity index (χ0n) is 12.3. The minimum Gasteiger partial charge on any atom is -0.207 e. The van der Waals surface area contributed by atoms with Gasteiger partial charge in [0, 0.05) is 18.1 Å². The van der Waals surface area contributed by atoms with Crippen molar-refractivity contribution in [3.8, 4) is 0 Å². The minimum absolute atomic E-state index is 0.330. The molecule has 0 aliphatic carbocycles. The van der Waals surface area contributed by atoms with Crippen molar-refractivity contribution in [1.82, 2.24) is 4.31 Å². The number of aryl methyl sites for hydroxylation is 2. The van der Waals surface area contributed by atoms with E-state index in [4.69, 9.17) is 0 Å². The van der Waals surface area contributed by atoms with Gasteiger partial charge in [0.25, 0.3) is 0 Å². The highest BCUT2D eigenvalue weighted by molar-refractivity contribution is 9.10. The number of sulfonamides is 1. The van der Waals surface area contributed by atoms with Crippen LogP contribution in [0.15, 0.2) is 51.8 Å². The summed E-state index contributed by atoms with van der Waals surface area (Å²) in [6.45, 7) is 4.04. The van der Waals surface area contributed by atoms with Crippen LogP contribution in [-0.2, 0) is 16.6 Å². The number of halogens is 1. The predicted octanol–water partition coefficient (Wildman–Crippen LogP) is 3.89. The maximum atomic E-state index is 12.7. The lowest BCUT2D eigenvalue weighted by molar-refractivity contribution is 0.465. The lowest BCUT2D eigenvalue weighted by Gasteiger charge is -2.19. The van der Waals surface area contributed by atoms with Gasteiger partial charge >= 0.3 is 0 Å².